The average molecular weight is 529 g/mol. The lowest BCUT2D eigenvalue weighted by atomic mass is 10.2. The average Bonchev–Trinajstić information content (AvgIpc) is 3.21. The number of benzene rings is 2. The molecule has 0 atom stereocenters. The predicted molar refractivity (Wildman–Crippen MR) is 145 cm³/mol. The molecule has 180 valence electrons. The minimum absolute atomic E-state index is 0. The Balaban J connectivity index is 0.00000385. The Labute approximate surface area is 215 Å². The molecule has 0 unspecified atom stereocenters. The van der Waals surface area contributed by atoms with Crippen molar-refractivity contribution in [3.63, 3.8) is 0 Å². The summed E-state index contributed by atoms with van der Waals surface area (Å²) in [6.45, 7) is 3.56. The highest BCUT2D eigenvalue weighted by molar-refractivity contribution is 7.99. The molecule has 1 heterocycles. The molecule has 0 saturated carbocycles. The highest BCUT2D eigenvalue weighted by Crippen LogP contribution is 2.34. The SMILES string of the molecule is COc1ccc(SCCCC(=O)N(CCCN(C)C)c2nc3c(C)c(Cl)ccc3s2)cc1.Cl. The first-order chi connectivity index (χ1) is 15.4. The molecule has 0 saturated heterocycles. The molecule has 0 fully saturated rings. The number of halogens is 2. The first kappa shape index (κ1) is 27.7. The fraction of sp³-hybridized carbons (Fsp3) is 0.417. The van der Waals surface area contributed by atoms with Crippen LogP contribution in [0, 0.1) is 6.92 Å². The van der Waals surface area contributed by atoms with E-state index in [1.807, 2.05) is 62.3 Å². The van der Waals surface area contributed by atoms with Crippen LogP contribution in [0.3, 0.4) is 0 Å². The molecule has 1 amide bonds. The van der Waals surface area contributed by atoms with Crippen LogP contribution in [0.5, 0.6) is 5.75 Å². The minimum Gasteiger partial charge on any atom is -0.497 e. The van der Waals surface area contributed by atoms with Crippen LogP contribution in [0.2, 0.25) is 5.02 Å². The number of aromatic nitrogens is 1. The van der Waals surface area contributed by atoms with Gasteiger partial charge in [0.1, 0.15) is 5.75 Å². The number of anilines is 1. The molecule has 3 aromatic rings. The number of rotatable bonds is 11. The summed E-state index contributed by atoms with van der Waals surface area (Å²) >= 11 is 9.60. The molecule has 3 rings (SSSR count). The van der Waals surface area contributed by atoms with Crippen LogP contribution in [-0.4, -0.2) is 55.8 Å². The van der Waals surface area contributed by atoms with Crippen LogP contribution < -0.4 is 9.64 Å². The molecule has 0 spiro atoms. The number of amides is 1. The summed E-state index contributed by atoms with van der Waals surface area (Å²) in [4.78, 5) is 23.1. The van der Waals surface area contributed by atoms with Gasteiger partial charge in [0, 0.05) is 22.9 Å². The van der Waals surface area contributed by atoms with Crippen molar-refractivity contribution in [3.05, 3.63) is 47.0 Å². The van der Waals surface area contributed by atoms with Gasteiger partial charge in [-0.3, -0.25) is 9.69 Å². The Bertz CT molecular complexity index is 1040. The third-order valence-corrected chi connectivity index (χ3v) is 7.67. The molecule has 5 nitrogen and oxygen atoms in total. The Morgan fingerprint density at radius 1 is 1.12 bits per heavy atom. The van der Waals surface area contributed by atoms with Crippen molar-refractivity contribution in [1.29, 1.82) is 0 Å². The van der Waals surface area contributed by atoms with E-state index in [-0.39, 0.29) is 18.3 Å². The Morgan fingerprint density at radius 3 is 2.52 bits per heavy atom. The van der Waals surface area contributed by atoms with E-state index in [0.717, 1.165) is 51.8 Å². The van der Waals surface area contributed by atoms with E-state index in [1.165, 1.54) is 4.90 Å². The lowest BCUT2D eigenvalue weighted by molar-refractivity contribution is -0.118. The number of thiazole rings is 1. The molecule has 0 N–H and O–H groups in total. The molecular weight excluding hydrogens is 497 g/mol. The zero-order chi connectivity index (χ0) is 23.1. The largest absolute Gasteiger partial charge is 0.497 e. The van der Waals surface area contributed by atoms with E-state index >= 15 is 0 Å². The number of methoxy groups -OCH3 is 1. The number of hydrogen-bond donors (Lipinski definition) is 0. The highest BCUT2D eigenvalue weighted by Gasteiger charge is 2.20. The number of nitrogens with zero attached hydrogens (tertiary/aromatic N) is 3. The smallest absolute Gasteiger partial charge is 0.228 e. The molecule has 2 aromatic carbocycles. The quantitative estimate of drug-likeness (QED) is 0.209. The standard InChI is InChI=1S/C24H30ClN3O2S2.ClH/c1-17-20(25)12-13-21-23(17)26-24(32-21)28(15-6-14-27(2)3)22(29)7-5-16-31-19-10-8-18(30-4)9-11-19;/h8-13H,5-7,14-16H2,1-4H3;1H. The Kier molecular flexibility index (Phi) is 11.3. The summed E-state index contributed by atoms with van der Waals surface area (Å²) in [5.74, 6) is 1.87. The van der Waals surface area contributed by atoms with Gasteiger partial charge in [0.25, 0.3) is 0 Å². The van der Waals surface area contributed by atoms with Crippen LogP contribution in [0.4, 0.5) is 5.13 Å². The van der Waals surface area contributed by atoms with Gasteiger partial charge in [-0.25, -0.2) is 4.98 Å². The van der Waals surface area contributed by atoms with Gasteiger partial charge in [0.15, 0.2) is 5.13 Å². The molecule has 0 aliphatic carbocycles. The number of hydrogen-bond acceptors (Lipinski definition) is 6. The van der Waals surface area contributed by atoms with Gasteiger partial charge in [-0.05, 0) is 88.1 Å². The van der Waals surface area contributed by atoms with Crippen molar-refractivity contribution < 1.29 is 9.53 Å². The fourth-order valence-corrected chi connectivity index (χ4v) is 5.37. The second-order valence-electron chi connectivity index (χ2n) is 7.85. The number of fused-ring (bicyclic) bond motifs is 1. The van der Waals surface area contributed by atoms with E-state index in [0.29, 0.717) is 18.0 Å². The number of aryl methyl sites for hydroxylation is 1. The summed E-state index contributed by atoms with van der Waals surface area (Å²) in [5.41, 5.74) is 1.85. The molecule has 33 heavy (non-hydrogen) atoms. The van der Waals surface area contributed by atoms with Crippen LogP contribution >= 0.6 is 47.1 Å². The highest BCUT2D eigenvalue weighted by atomic mass is 35.5. The summed E-state index contributed by atoms with van der Waals surface area (Å²) in [6.07, 6.45) is 2.21. The van der Waals surface area contributed by atoms with E-state index in [9.17, 15) is 4.79 Å². The van der Waals surface area contributed by atoms with Crippen LogP contribution in [0.1, 0.15) is 24.8 Å². The molecule has 1 aromatic heterocycles. The number of thioether (sulfide) groups is 1. The predicted octanol–water partition coefficient (Wildman–Crippen LogP) is 6.55. The van der Waals surface area contributed by atoms with Crippen molar-refractivity contribution >= 4 is 68.4 Å². The van der Waals surface area contributed by atoms with Gasteiger partial charge in [-0.2, -0.15) is 0 Å². The Hall–Kier alpha value is -1.51. The van der Waals surface area contributed by atoms with E-state index in [2.05, 4.69) is 4.90 Å². The van der Waals surface area contributed by atoms with Crippen LogP contribution in [-0.2, 0) is 4.79 Å². The summed E-state index contributed by atoms with van der Waals surface area (Å²) < 4.78 is 6.26. The second kappa shape index (κ2) is 13.4. The summed E-state index contributed by atoms with van der Waals surface area (Å²) in [7, 11) is 5.76. The number of ether oxygens (including phenoxy) is 1. The third kappa shape index (κ3) is 7.76. The van der Waals surface area contributed by atoms with Crippen molar-refractivity contribution in [2.45, 2.75) is 31.1 Å². The van der Waals surface area contributed by atoms with Gasteiger partial charge in [0.2, 0.25) is 5.91 Å². The minimum atomic E-state index is 0. The van der Waals surface area contributed by atoms with Crippen molar-refractivity contribution in [2.24, 2.45) is 0 Å². The molecule has 0 aliphatic heterocycles. The lowest BCUT2D eigenvalue weighted by Crippen LogP contribution is -2.33. The maximum Gasteiger partial charge on any atom is 0.228 e. The molecule has 0 bridgehead atoms. The third-order valence-electron chi connectivity index (χ3n) is 5.12. The van der Waals surface area contributed by atoms with Gasteiger partial charge in [-0.1, -0.05) is 22.9 Å². The van der Waals surface area contributed by atoms with Crippen LogP contribution in [0.15, 0.2) is 41.3 Å². The molecule has 9 heteroatoms. The first-order valence-corrected chi connectivity index (χ1v) is 12.8. The zero-order valence-corrected chi connectivity index (χ0v) is 22.7. The molecular formula is C24H31Cl2N3O2S2. The van der Waals surface area contributed by atoms with Gasteiger partial charge in [-0.15, -0.1) is 24.2 Å². The molecule has 0 aliphatic rings. The van der Waals surface area contributed by atoms with E-state index in [4.69, 9.17) is 21.3 Å². The van der Waals surface area contributed by atoms with E-state index < -0.39 is 0 Å². The first-order valence-electron chi connectivity index (χ1n) is 10.7. The number of carbonyl (C=O) groups excluding carboxylic acids is 1. The number of carbonyl (C=O) groups is 1. The normalized spacial score (nSPS) is 11.0. The van der Waals surface area contributed by atoms with Crippen molar-refractivity contribution in [2.75, 3.05) is 44.9 Å². The Morgan fingerprint density at radius 2 is 1.85 bits per heavy atom. The van der Waals surface area contributed by atoms with Gasteiger partial charge >= 0.3 is 0 Å². The van der Waals surface area contributed by atoms with Crippen LogP contribution in [0.25, 0.3) is 10.2 Å². The zero-order valence-electron chi connectivity index (χ0n) is 19.5. The maximum atomic E-state index is 13.2. The van der Waals surface area contributed by atoms with Crippen molar-refractivity contribution in [3.8, 4) is 5.75 Å². The van der Waals surface area contributed by atoms with Gasteiger partial charge in [0.05, 0.1) is 17.3 Å². The second-order valence-corrected chi connectivity index (χ2v) is 10.4. The molecule has 0 radical (unpaired) electrons. The monoisotopic (exact) mass is 527 g/mol. The summed E-state index contributed by atoms with van der Waals surface area (Å²) in [6, 6.07) is 11.9. The van der Waals surface area contributed by atoms with Gasteiger partial charge < -0.3 is 9.64 Å². The summed E-state index contributed by atoms with van der Waals surface area (Å²) in [5, 5.41) is 1.47. The maximum absolute atomic E-state index is 13.2. The van der Waals surface area contributed by atoms with E-state index in [1.54, 1.807) is 30.2 Å². The topological polar surface area (TPSA) is 45.7 Å². The lowest BCUT2D eigenvalue weighted by Gasteiger charge is -2.21. The van der Waals surface area contributed by atoms with Crippen molar-refractivity contribution in [1.82, 2.24) is 9.88 Å². The fourth-order valence-electron chi connectivity index (χ4n) is 3.30.